The van der Waals surface area contributed by atoms with E-state index in [2.05, 4.69) is 4.74 Å². The minimum absolute atomic E-state index is 0.102. The predicted octanol–water partition coefficient (Wildman–Crippen LogP) is 6.26. The zero-order valence-electron chi connectivity index (χ0n) is 18.7. The number of nitrogens with zero attached hydrogens (tertiary/aromatic N) is 1. The van der Waals surface area contributed by atoms with E-state index in [-0.39, 0.29) is 6.42 Å². The number of hydrogen-bond donors (Lipinski definition) is 2. The SMILES string of the molecule is CC1(C)CC(N(C(=O)O)C(C(F)(F)F)C(F)(F)F)CC(C)(CNC(=O)OC(C(F)(F)F)C(F)(F)F)C1. The molecule has 1 aliphatic carbocycles. The lowest BCUT2D eigenvalue weighted by Crippen LogP contribution is -2.62. The average Bonchev–Trinajstić information content (AvgIpc) is 2.56. The van der Waals surface area contributed by atoms with E-state index in [9.17, 15) is 67.4 Å². The maximum atomic E-state index is 13.3. The van der Waals surface area contributed by atoms with Gasteiger partial charge in [-0.15, -0.1) is 0 Å². The monoisotopic (exact) mass is 558 g/mol. The summed E-state index contributed by atoms with van der Waals surface area (Å²) < 4.78 is 158. The molecule has 212 valence electrons. The molecule has 2 unspecified atom stereocenters. The van der Waals surface area contributed by atoms with Crippen molar-refractivity contribution < 1.29 is 72.1 Å². The van der Waals surface area contributed by atoms with E-state index in [0.717, 1.165) is 0 Å². The molecular weight excluding hydrogens is 536 g/mol. The number of hydrogen-bond acceptors (Lipinski definition) is 3. The Balaban J connectivity index is 3.21. The van der Waals surface area contributed by atoms with Gasteiger partial charge in [-0.25, -0.2) is 9.59 Å². The second-order valence-electron chi connectivity index (χ2n) is 9.61. The van der Waals surface area contributed by atoms with Gasteiger partial charge in [0.25, 0.3) is 6.10 Å². The highest BCUT2D eigenvalue weighted by molar-refractivity contribution is 5.68. The summed E-state index contributed by atoms with van der Waals surface area (Å²) in [6.45, 7) is 3.04. The van der Waals surface area contributed by atoms with E-state index >= 15 is 0 Å². The first-order chi connectivity index (χ1) is 15.7. The fraction of sp³-hybridized carbons (Fsp3) is 0.889. The highest BCUT2D eigenvalue weighted by Crippen LogP contribution is 2.50. The van der Waals surface area contributed by atoms with Gasteiger partial charge in [-0.2, -0.15) is 52.7 Å². The van der Waals surface area contributed by atoms with Crippen LogP contribution in [0.2, 0.25) is 0 Å². The van der Waals surface area contributed by atoms with Gasteiger partial charge in [0.2, 0.25) is 6.04 Å². The first-order valence-electron chi connectivity index (χ1n) is 9.92. The van der Waals surface area contributed by atoms with Crippen LogP contribution in [-0.2, 0) is 4.74 Å². The third-order valence-corrected chi connectivity index (χ3v) is 5.41. The van der Waals surface area contributed by atoms with Crippen molar-refractivity contribution in [2.24, 2.45) is 10.8 Å². The molecule has 0 spiro atoms. The number of carbonyl (C=O) groups excluding carboxylic acids is 1. The predicted molar refractivity (Wildman–Crippen MR) is 95.7 cm³/mol. The molecule has 0 radical (unpaired) electrons. The van der Waals surface area contributed by atoms with Gasteiger partial charge in [0.15, 0.2) is 0 Å². The van der Waals surface area contributed by atoms with Crippen LogP contribution in [0.5, 0.6) is 0 Å². The molecule has 1 aliphatic rings. The largest absolute Gasteiger partial charge is 0.465 e. The Labute approximate surface area is 195 Å². The van der Waals surface area contributed by atoms with Gasteiger partial charge < -0.3 is 15.2 Å². The Morgan fingerprint density at radius 3 is 1.69 bits per heavy atom. The lowest BCUT2D eigenvalue weighted by Gasteiger charge is -2.50. The molecule has 0 aromatic rings. The minimum atomic E-state index is -6.05. The number of amides is 2. The van der Waals surface area contributed by atoms with E-state index < -0.39 is 90.2 Å². The molecule has 2 atom stereocenters. The molecule has 0 saturated heterocycles. The number of carboxylic acid groups (broad SMARTS) is 1. The lowest BCUT2D eigenvalue weighted by molar-refractivity contribution is -0.307. The highest BCUT2D eigenvalue weighted by atomic mass is 19.4. The Morgan fingerprint density at radius 2 is 1.33 bits per heavy atom. The smallest absolute Gasteiger partial charge is 0.434 e. The maximum Gasteiger partial charge on any atom is 0.434 e. The van der Waals surface area contributed by atoms with Crippen LogP contribution in [0.15, 0.2) is 0 Å². The standard InChI is InChI=1S/C18H22F12N2O4/c1-13(2)4-8(32(12(34)35)9(15(19,20)21)16(22,23)24)5-14(3,6-13)7-31-11(33)36-10(17(25,26)27)18(28,29)30/h8-10H,4-7H2,1-3H3,(H,31,33)(H,34,35). The van der Waals surface area contributed by atoms with Crippen molar-refractivity contribution in [3.63, 3.8) is 0 Å². The van der Waals surface area contributed by atoms with Crippen LogP contribution in [0.1, 0.15) is 40.0 Å². The maximum absolute atomic E-state index is 13.3. The van der Waals surface area contributed by atoms with Crippen molar-refractivity contribution in [1.82, 2.24) is 10.2 Å². The molecule has 0 aliphatic heterocycles. The van der Waals surface area contributed by atoms with Crippen molar-refractivity contribution in [2.45, 2.75) is 82.9 Å². The van der Waals surface area contributed by atoms with E-state index in [1.165, 1.54) is 20.8 Å². The first-order valence-corrected chi connectivity index (χ1v) is 9.92. The number of nitrogens with one attached hydrogen (secondary N) is 1. The normalized spacial score (nSPS) is 23.5. The fourth-order valence-corrected chi connectivity index (χ4v) is 4.64. The van der Waals surface area contributed by atoms with Gasteiger partial charge in [-0.05, 0) is 30.1 Å². The van der Waals surface area contributed by atoms with Gasteiger partial charge in [0, 0.05) is 12.6 Å². The number of rotatable bonds is 5. The molecule has 2 N–H and O–H groups in total. The molecule has 6 nitrogen and oxygen atoms in total. The van der Waals surface area contributed by atoms with Crippen molar-refractivity contribution >= 4 is 12.2 Å². The number of ether oxygens (including phenoxy) is 1. The molecule has 1 fully saturated rings. The van der Waals surface area contributed by atoms with Crippen LogP contribution in [0.25, 0.3) is 0 Å². The van der Waals surface area contributed by atoms with E-state index in [0.29, 0.717) is 0 Å². The lowest BCUT2D eigenvalue weighted by atomic mass is 9.62. The minimum Gasteiger partial charge on any atom is -0.465 e. The zero-order chi connectivity index (χ0) is 28.7. The van der Waals surface area contributed by atoms with Crippen molar-refractivity contribution in [1.29, 1.82) is 0 Å². The van der Waals surface area contributed by atoms with Crippen molar-refractivity contribution in [3.8, 4) is 0 Å². The van der Waals surface area contributed by atoms with Gasteiger partial charge in [-0.1, -0.05) is 20.8 Å². The van der Waals surface area contributed by atoms with Crippen LogP contribution >= 0.6 is 0 Å². The Kier molecular flexibility index (Phi) is 8.70. The Hall–Kier alpha value is -2.30. The number of halogens is 12. The van der Waals surface area contributed by atoms with Crippen molar-refractivity contribution in [2.75, 3.05) is 6.54 Å². The summed E-state index contributed by atoms with van der Waals surface area (Å²) in [5.74, 6) is 0. The molecule has 1 rings (SSSR count). The van der Waals surface area contributed by atoms with Crippen LogP contribution in [0, 0.1) is 10.8 Å². The summed E-state index contributed by atoms with van der Waals surface area (Å²) >= 11 is 0. The molecule has 0 heterocycles. The molecular formula is C18H22F12N2O4. The second-order valence-corrected chi connectivity index (χ2v) is 9.61. The highest BCUT2D eigenvalue weighted by Gasteiger charge is 2.64. The molecule has 0 aromatic heterocycles. The molecule has 0 bridgehead atoms. The van der Waals surface area contributed by atoms with Gasteiger partial charge >= 0.3 is 36.9 Å². The number of alkyl halides is 12. The third kappa shape index (κ3) is 8.38. The molecule has 18 heteroatoms. The van der Waals surface area contributed by atoms with E-state index in [4.69, 9.17) is 0 Å². The summed E-state index contributed by atoms with van der Waals surface area (Å²) in [6.07, 6.45) is -34.7. The van der Waals surface area contributed by atoms with Crippen LogP contribution in [-0.4, -0.2) is 71.6 Å². The topological polar surface area (TPSA) is 78.9 Å². The molecule has 0 aromatic carbocycles. The summed E-state index contributed by atoms with van der Waals surface area (Å²) in [7, 11) is 0. The Morgan fingerprint density at radius 1 is 0.889 bits per heavy atom. The molecule has 2 amide bonds. The average molecular weight is 558 g/mol. The third-order valence-electron chi connectivity index (χ3n) is 5.41. The van der Waals surface area contributed by atoms with Crippen LogP contribution < -0.4 is 5.32 Å². The summed E-state index contributed by atoms with van der Waals surface area (Å²) in [4.78, 5) is 22.4. The number of alkyl carbamates (subject to hydrolysis) is 1. The molecule has 1 saturated carbocycles. The van der Waals surface area contributed by atoms with Gasteiger partial charge in [0.1, 0.15) is 0 Å². The number of carbonyl (C=O) groups is 2. The quantitative estimate of drug-likeness (QED) is 0.391. The fourth-order valence-electron chi connectivity index (χ4n) is 4.64. The summed E-state index contributed by atoms with van der Waals surface area (Å²) in [5.41, 5.74) is -2.70. The van der Waals surface area contributed by atoms with Crippen LogP contribution in [0.4, 0.5) is 62.3 Å². The first kappa shape index (κ1) is 31.7. The van der Waals surface area contributed by atoms with E-state index in [1.807, 2.05) is 0 Å². The van der Waals surface area contributed by atoms with Gasteiger partial charge in [-0.3, -0.25) is 4.90 Å². The van der Waals surface area contributed by atoms with Crippen LogP contribution in [0.3, 0.4) is 0 Å². The van der Waals surface area contributed by atoms with Crippen molar-refractivity contribution in [3.05, 3.63) is 0 Å². The summed E-state index contributed by atoms with van der Waals surface area (Å²) in [5, 5.41) is 10.9. The zero-order valence-corrected chi connectivity index (χ0v) is 18.7. The van der Waals surface area contributed by atoms with Gasteiger partial charge in [0.05, 0.1) is 0 Å². The molecule has 36 heavy (non-hydrogen) atoms. The second kappa shape index (κ2) is 9.87. The van der Waals surface area contributed by atoms with E-state index in [1.54, 1.807) is 5.32 Å². The summed E-state index contributed by atoms with van der Waals surface area (Å²) in [6, 6.07) is -6.33. The Bertz CT molecular complexity index is 778.